The first kappa shape index (κ1) is 17.1. The van der Waals surface area contributed by atoms with E-state index in [-0.39, 0.29) is 6.03 Å². The van der Waals surface area contributed by atoms with E-state index in [1.54, 1.807) is 30.3 Å². The second kappa shape index (κ2) is 7.88. The minimum Gasteiger partial charge on any atom is -0.480 e. The van der Waals surface area contributed by atoms with Crippen molar-refractivity contribution in [3.63, 3.8) is 0 Å². The van der Waals surface area contributed by atoms with Crippen molar-refractivity contribution in [3.05, 3.63) is 48.2 Å². The number of carbonyl (C=O) groups excluding carboxylic acids is 1. The molecule has 0 atom stereocenters. The molecule has 6 heteroatoms. The molecule has 1 N–H and O–H groups in total. The molecule has 2 heterocycles. The third-order valence-electron chi connectivity index (χ3n) is 4.40. The van der Waals surface area contributed by atoms with Gasteiger partial charge in [0.1, 0.15) is 5.69 Å². The van der Waals surface area contributed by atoms with Gasteiger partial charge in [-0.2, -0.15) is 0 Å². The molecular formula is C19H24N4O2. The van der Waals surface area contributed by atoms with Crippen molar-refractivity contribution in [1.82, 2.24) is 9.88 Å². The van der Waals surface area contributed by atoms with Crippen LogP contribution in [0.5, 0.6) is 5.88 Å². The summed E-state index contributed by atoms with van der Waals surface area (Å²) in [6, 6.07) is 11.6. The molecule has 2 amide bonds. The van der Waals surface area contributed by atoms with Crippen LogP contribution in [-0.4, -0.2) is 43.2 Å². The van der Waals surface area contributed by atoms with Crippen LogP contribution in [0.25, 0.3) is 0 Å². The molecule has 1 aromatic heterocycles. The number of ether oxygens (including phenoxy) is 1. The standard InChI is InChI=1S/C19H24N4O2/c1-22(19(24)21-16-9-7-11-20-18(16)25-2)14-15-8-3-4-10-17(15)23-12-5-6-13-23/h3-4,7-11H,5-6,12-14H2,1-2H3,(H,21,24). The highest BCUT2D eigenvalue weighted by molar-refractivity contribution is 5.90. The first-order valence-corrected chi connectivity index (χ1v) is 8.53. The molecule has 0 bridgehead atoms. The Morgan fingerprint density at radius 2 is 2.00 bits per heavy atom. The number of para-hydroxylation sites is 1. The number of nitrogens with zero attached hydrogens (tertiary/aromatic N) is 3. The Balaban J connectivity index is 1.69. The number of anilines is 2. The highest BCUT2D eigenvalue weighted by Gasteiger charge is 2.18. The number of hydrogen-bond acceptors (Lipinski definition) is 4. The second-order valence-electron chi connectivity index (χ2n) is 6.17. The molecule has 1 fully saturated rings. The molecule has 1 aliphatic rings. The van der Waals surface area contributed by atoms with Gasteiger partial charge < -0.3 is 19.9 Å². The molecule has 25 heavy (non-hydrogen) atoms. The largest absolute Gasteiger partial charge is 0.480 e. The summed E-state index contributed by atoms with van der Waals surface area (Å²) in [5, 5.41) is 2.86. The van der Waals surface area contributed by atoms with E-state index in [2.05, 4.69) is 33.4 Å². The Hall–Kier alpha value is -2.76. The third kappa shape index (κ3) is 4.02. The van der Waals surface area contributed by atoms with E-state index in [1.165, 1.54) is 25.6 Å². The van der Waals surface area contributed by atoms with Gasteiger partial charge in [0.15, 0.2) is 0 Å². The Morgan fingerprint density at radius 1 is 1.24 bits per heavy atom. The van der Waals surface area contributed by atoms with Crippen molar-refractivity contribution >= 4 is 17.4 Å². The van der Waals surface area contributed by atoms with Crippen molar-refractivity contribution in [2.45, 2.75) is 19.4 Å². The highest BCUT2D eigenvalue weighted by Crippen LogP contribution is 2.26. The number of aromatic nitrogens is 1. The van der Waals surface area contributed by atoms with Crippen molar-refractivity contribution in [2.75, 3.05) is 37.5 Å². The van der Waals surface area contributed by atoms with Gasteiger partial charge in [-0.15, -0.1) is 0 Å². The van der Waals surface area contributed by atoms with Gasteiger partial charge >= 0.3 is 6.03 Å². The molecule has 1 aliphatic heterocycles. The zero-order valence-corrected chi connectivity index (χ0v) is 14.7. The van der Waals surface area contributed by atoms with Crippen molar-refractivity contribution < 1.29 is 9.53 Å². The minimum absolute atomic E-state index is 0.192. The molecule has 1 aromatic carbocycles. The quantitative estimate of drug-likeness (QED) is 0.907. The topological polar surface area (TPSA) is 57.7 Å². The van der Waals surface area contributed by atoms with Gasteiger partial charge in [-0.3, -0.25) is 0 Å². The summed E-state index contributed by atoms with van der Waals surface area (Å²) in [6.07, 6.45) is 4.08. The van der Waals surface area contributed by atoms with E-state index in [0.717, 1.165) is 18.7 Å². The maximum Gasteiger partial charge on any atom is 0.322 e. The molecule has 3 rings (SSSR count). The van der Waals surface area contributed by atoms with Gasteiger partial charge in [0.2, 0.25) is 5.88 Å². The number of hydrogen-bond donors (Lipinski definition) is 1. The highest BCUT2D eigenvalue weighted by atomic mass is 16.5. The molecule has 0 aliphatic carbocycles. The number of methoxy groups -OCH3 is 1. The van der Waals surface area contributed by atoms with Crippen LogP contribution in [0.3, 0.4) is 0 Å². The Morgan fingerprint density at radius 3 is 2.76 bits per heavy atom. The summed E-state index contributed by atoms with van der Waals surface area (Å²) in [6.45, 7) is 2.71. The minimum atomic E-state index is -0.192. The average molecular weight is 340 g/mol. The molecule has 1 saturated heterocycles. The molecule has 2 aromatic rings. The first-order chi connectivity index (χ1) is 12.2. The number of urea groups is 1. The lowest BCUT2D eigenvalue weighted by Crippen LogP contribution is -2.32. The van der Waals surface area contributed by atoms with Crippen molar-refractivity contribution in [3.8, 4) is 5.88 Å². The summed E-state index contributed by atoms with van der Waals surface area (Å²) >= 11 is 0. The van der Waals surface area contributed by atoms with Gasteiger partial charge in [0.05, 0.1) is 7.11 Å². The third-order valence-corrected chi connectivity index (χ3v) is 4.40. The zero-order chi connectivity index (χ0) is 17.6. The lowest BCUT2D eigenvalue weighted by Gasteiger charge is -2.24. The lowest BCUT2D eigenvalue weighted by molar-refractivity contribution is 0.220. The average Bonchev–Trinajstić information content (AvgIpc) is 3.17. The Bertz CT molecular complexity index is 729. The van der Waals surface area contributed by atoms with Crippen LogP contribution >= 0.6 is 0 Å². The van der Waals surface area contributed by atoms with E-state index in [0.29, 0.717) is 18.1 Å². The molecule has 0 unspecified atom stereocenters. The van der Waals surface area contributed by atoms with Crippen LogP contribution in [0, 0.1) is 0 Å². The first-order valence-electron chi connectivity index (χ1n) is 8.53. The van der Waals surface area contributed by atoms with Crippen LogP contribution in [0.1, 0.15) is 18.4 Å². The van der Waals surface area contributed by atoms with Crippen LogP contribution in [0.2, 0.25) is 0 Å². The normalized spacial score (nSPS) is 13.6. The van der Waals surface area contributed by atoms with Gasteiger partial charge in [-0.05, 0) is 36.6 Å². The number of carbonyl (C=O) groups is 1. The number of nitrogens with one attached hydrogen (secondary N) is 1. The number of rotatable bonds is 5. The summed E-state index contributed by atoms with van der Waals surface area (Å²) in [7, 11) is 3.33. The van der Waals surface area contributed by atoms with E-state index in [4.69, 9.17) is 4.74 Å². The fourth-order valence-electron chi connectivity index (χ4n) is 3.10. The Kier molecular flexibility index (Phi) is 5.38. The van der Waals surface area contributed by atoms with E-state index in [9.17, 15) is 4.79 Å². The van der Waals surface area contributed by atoms with E-state index >= 15 is 0 Å². The zero-order valence-electron chi connectivity index (χ0n) is 14.7. The van der Waals surface area contributed by atoms with Crippen LogP contribution in [0.15, 0.2) is 42.6 Å². The smallest absolute Gasteiger partial charge is 0.322 e. The molecule has 0 saturated carbocycles. The second-order valence-corrected chi connectivity index (χ2v) is 6.17. The number of benzene rings is 1. The SMILES string of the molecule is COc1ncccc1NC(=O)N(C)Cc1ccccc1N1CCCC1. The van der Waals surface area contributed by atoms with Crippen LogP contribution < -0.4 is 15.0 Å². The maximum absolute atomic E-state index is 12.5. The maximum atomic E-state index is 12.5. The summed E-state index contributed by atoms with van der Waals surface area (Å²) in [5.74, 6) is 0.404. The predicted octanol–water partition coefficient (Wildman–Crippen LogP) is 3.35. The fourth-order valence-corrected chi connectivity index (χ4v) is 3.10. The Labute approximate surface area is 148 Å². The molecule has 0 spiro atoms. The molecule has 6 nitrogen and oxygen atoms in total. The predicted molar refractivity (Wildman–Crippen MR) is 99.2 cm³/mol. The molecule has 0 radical (unpaired) electrons. The lowest BCUT2D eigenvalue weighted by atomic mass is 10.1. The number of amides is 2. The van der Waals surface area contributed by atoms with Gasteiger partial charge in [0, 0.05) is 38.6 Å². The van der Waals surface area contributed by atoms with E-state index in [1.807, 2.05) is 6.07 Å². The van der Waals surface area contributed by atoms with Crippen LogP contribution in [0.4, 0.5) is 16.2 Å². The number of pyridine rings is 1. The monoisotopic (exact) mass is 340 g/mol. The molecular weight excluding hydrogens is 316 g/mol. The summed E-state index contributed by atoms with van der Waals surface area (Å²) in [4.78, 5) is 20.7. The van der Waals surface area contributed by atoms with Gasteiger partial charge in [-0.25, -0.2) is 9.78 Å². The van der Waals surface area contributed by atoms with Crippen molar-refractivity contribution in [1.29, 1.82) is 0 Å². The van der Waals surface area contributed by atoms with Gasteiger partial charge in [-0.1, -0.05) is 18.2 Å². The summed E-state index contributed by atoms with van der Waals surface area (Å²) in [5.41, 5.74) is 2.94. The van der Waals surface area contributed by atoms with Crippen molar-refractivity contribution in [2.24, 2.45) is 0 Å². The summed E-state index contributed by atoms with van der Waals surface area (Å²) < 4.78 is 5.18. The van der Waals surface area contributed by atoms with Gasteiger partial charge in [0.25, 0.3) is 0 Å². The van der Waals surface area contributed by atoms with E-state index < -0.39 is 0 Å². The van der Waals surface area contributed by atoms with Crippen LogP contribution in [-0.2, 0) is 6.54 Å². The molecule has 132 valence electrons. The fraction of sp³-hybridized carbons (Fsp3) is 0.368.